The first-order chi connectivity index (χ1) is 12.6. The molecule has 1 fully saturated rings. The molecule has 1 aliphatic carbocycles. The molecular formula is C21H31N3O2. The second-order valence-corrected chi connectivity index (χ2v) is 7.60. The lowest BCUT2D eigenvalue weighted by Gasteiger charge is -2.31. The van der Waals surface area contributed by atoms with Crippen LogP contribution in [0.4, 0.5) is 4.79 Å². The molecule has 1 saturated carbocycles. The maximum absolute atomic E-state index is 12.5. The highest BCUT2D eigenvalue weighted by atomic mass is 16.2. The second kappa shape index (κ2) is 9.06. The Balaban J connectivity index is 1.47. The van der Waals surface area contributed by atoms with Crippen LogP contribution in [0.25, 0.3) is 0 Å². The molecule has 3 rings (SSSR count). The van der Waals surface area contributed by atoms with E-state index < -0.39 is 0 Å². The van der Waals surface area contributed by atoms with Crippen LogP contribution in [0.2, 0.25) is 0 Å². The Morgan fingerprint density at radius 1 is 1.08 bits per heavy atom. The Labute approximate surface area is 156 Å². The number of benzene rings is 1. The van der Waals surface area contributed by atoms with E-state index in [4.69, 9.17) is 0 Å². The van der Waals surface area contributed by atoms with Crippen LogP contribution in [0.15, 0.2) is 24.3 Å². The van der Waals surface area contributed by atoms with E-state index in [1.165, 1.54) is 43.2 Å². The zero-order chi connectivity index (χ0) is 18.4. The zero-order valence-electron chi connectivity index (χ0n) is 15.9. The van der Waals surface area contributed by atoms with Gasteiger partial charge in [0.25, 0.3) is 0 Å². The van der Waals surface area contributed by atoms with Crippen molar-refractivity contribution in [2.45, 2.75) is 64.0 Å². The summed E-state index contributed by atoms with van der Waals surface area (Å²) in [4.78, 5) is 28.6. The molecule has 0 radical (unpaired) electrons. The van der Waals surface area contributed by atoms with E-state index in [-0.39, 0.29) is 18.5 Å². The largest absolute Gasteiger partial charge is 0.341 e. The summed E-state index contributed by atoms with van der Waals surface area (Å²) in [6.07, 6.45) is 9.29. The van der Waals surface area contributed by atoms with E-state index in [9.17, 15) is 9.59 Å². The minimum absolute atomic E-state index is 0.0151. The van der Waals surface area contributed by atoms with E-state index in [0.29, 0.717) is 19.1 Å². The van der Waals surface area contributed by atoms with Crippen LogP contribution in [0.3, 0.4) is 0 Å². The third-order valence-corrected chi connectivity index (χ3v) is 5.82. The van der Waals surface area contributed by atoms with Gasteiger partial charge in [0.05, 0.1) is 6.54 Å². The summed E-state index contributed by atoms with van der Waals surface area (Å²) >= 11 is 0. The minimum atomic E-state index is -0.140. The molecule has 1 aromatic rings. The number of amides is 3. The molecule has 1 N–H and O–H groups in total. The van der Waals surface area contributed by atoms with Crippen LogP contribution in [-0.4, -0.2) is 47.9 Å². The maximum atomic E-state index is 12.5. The molecule has 1 aromatic carbocycles. The van der Waals surface area contributed by atoms with Crippen molar-refractivity contribution in [3.8, 4) is 0 Å². The van der Waals surface area contributed by atoms with Crippen molar-refractivity contribution in [1.82, 2.24) is 15.1 Å². The van der Waals surface area contributed by atoms with Crippen LogP contribution in [0.1, 0.15) is 56.1 Å². The molecule has 26 heavy (non-hydrogen) atoms. The molecule has 3 amide bonds. The standard InChI is InChI=1S/C21H31N3O2/c1-23(19-11-5-3-2-4-6-12-19)20(25)15-22-21(26)24-14-13-17-9-7-8-10-18(17)16-24/h7-10,19H,2-6,11-16H2,1H3,(H,22,26). The van der Waals surface area contributed by atoms with Crippen molar-refractivity contribution in [1.29, 1.82) is 0 Å². The molecule has 142 valence electrons. The Bertz CT molecular complexity index is 623. The van der Waals surface area contributed by atoms with E-state index in [2.05, 4.69) is 17.4 Å². The van der Waals surface area contributed by atoms with Crippen LogP contribution < -0.4 is 5.32 Å². The van der Waals surface area contributed by atoms with Crippen molar-refractivity contribution in [2.75, 3.05) is 20.1 Å². The number of urea groups is 1. The van der Waals surface area contributed by atoms with Crippen molar-refractivity contribution in [3.05, 3.63) is 35.4 Å². The van der Waals surface area contributed by atoms with Crippen LogP contribution >= 0.6 is 0 Å². The second-order valence-electron chi connectivity index (χ2n) is 7.60. The molecule has 2 aliphatic rings. The summed E-state index contributed by atoms with van der Waals surface area (Å²) in [6, 6.07) is 8.42. The van der Waals surface area contributed by atoms with E-state index in [1.54, 1.807) is 4.90 Å². The summed E-state index contributed by atoms with van der Waals surface area (Å²) < 4.78 is 0. The van der Waals surface area contributed by atoms with Crippen LogP contribution in [0.5, 0.6) is 0 Å². The monoisotopic (exact) mass is 357 g/mol. The Morgan fingerprint density at radius 3 is 2.46 bits per heavy atom. The van der Waals surface area contributed by atoms with Gasteiger partial charge in [0.1, 0.15) is 0 Å². The van der Waals surface area contributed by atoms with Crippen molar-refractivity contribution >= 4 is 11.9 Å². The maximum Gasteiger partial charge on any atom is 0.318 e. The first-order valence-corrected chi connectivity index (χ1v) is 10.0. The highest BCUT2D eigenvalue weighted by Gasteiger charge is 2.23. The SMILES string of the molecule is CN(C(=O)CNC(=O)N1CCc2ccccc2C1)C1CCCCCCC1. The summed E-state index contributed by atoms with van der Waals surface area (Å²) in [5, 5.41) is 2.83. The first-order valence-electron chi connectivity index (χ1n) is 10.0. The minimum Gasteiger partial charge on any atom is -0.341 e. The molecule has 1 aliphatic heterocycles. The van der Waals surface area contributed by atoms with Crippen molar-refractivity contribution in [3.63, 3.8) is 0 Å². The van der Waals surface area contributed by atoms with Crippen LogP contribution in [0, 0.1) is 0 Å². The van der Waals surface area contributed by atoms with E-state index in [1.807, 2.05) is 24.1 Å². The third-order valence-electron chi connectivity index (χ3n) is 5.82. The van der Waals surface area contributed by atoms with E-state index in [0.717, 1.165) is 19.3 Å². The Hall–Kier alpha value is -2.04. The van der Waals surface area contributed by atoms with Gasteiger partial charge in [-0.15, -0.1) is 0 Å². The molecule has 0 atom stereocenters. The van der Waals surface area contributed by atoms with Gasteiger partial charge < -0.3 is 15.1 Å². The van der Waals surface area contributed by atoms with Crippen molar-refractivity contribution < 1.29 is 9.59 Å². The molecule has 0 saturated heterocycles. The predicted octanol–water partition coefficient (Wildman–Crippen LogP) is 3.33. The fourth-order valence-electron chi connectivity index (χ4n) is 4.08. The molecule has 5 heteroatoms. The number of fused-ring (bicyclic) bond motifs is 1. The van der Waals surface area contributed by atoms with Gasteiger partial charge in [0.2, 0.25) is 5.91 Å². The van der Waals surface area contributed by atoms with Gasteiger partial charge in [-0.3, -0.25) is 4.79 Å². The lowest BCUT2D eigenvalue weighted by atomic mass is 9.96. The van der Waals surface area contributed by atoms with E-state index >= 15 is 0 Å². The molecule has 0 spiro atoms. The van der Waals surface area contributed by atoms with Gasteiger partial charge in [-0.2, -0.15) is 0 Å². The zero-order valence-corrected chi connectivity index (χ0v) is 15.9. The summed E-state index contributed by atoms with van der Waals surface area (Å²) in [6.45, 7) is 1.41. The predicted molar refractivity (Wildman–Crippen MR) is 103 cm³/mol. The lowest BCUT2D eigenvalue weighted by Crippen LogP contribution is -2.48. The summed E-state index contributed by atoms with van der Waals surface area (Å²) in [5.74, 6) is 0.0151. The summed E-state index contributed by atoms with van der Waals surface area (Å²) in [7, 11) is 1.89. The van der Waals surface area contributed by atoms with Crippen LogP contribution in [-0.2, 0) is 17.8 Å². The van der Waals surface area contributed by atoms with Gasteiger partial charge >= 0.3 is 6.03 Å². The number of carbonyl (C=O) groups is 2. The topological polar surface area (TPSA) is 52.7 Å². The smallest absolute Gasteiger partial charge is 0.318 e. The Kier molecular flexibility index (Phi) is 6.53. The molecule has 0 aromatic heterocycles. The highest BCUT2D eigenvalue weighted by Crippen LogP contribution is 2.21. The van der Waals surface area contributed by atoms with Gasteiger partial charge in [-0.25, -0.2) is 4.79 Å². The van der Waals surface area contributed by atoms with Gasteiger partial charge in [0.15, 0.2) is 0 Å². The fourth-order valence-corrected chi connectivity index (χ4v) is 4.08. The number of hydrogen-bond donors (Lipinski definition) is 1. The third kappa shape index (κ3) is 4.77. The lowest BCUT2D eigenvalue weighted by molar-refractivity contribution is -0.131. The number of carbonyl (C=O) groups excluding carboxylic acids is 2. The number of nitrogens with one attached hydrogen (secondary N) is 1. The fraction of sp³-hybridized carbons (Fsp3) is 0.619. The van der Waals surface area contributed by atoms with Gasteiger partial charge in [-0.1, -0.05) is 56.4 Å². The number of likely N-dealkylation sites (N-methyl/N-ethyl adjacent to an activating group) is 1. The van der Waals surface area contributed by atoms with Crippen molar-refractivity contribution in [2.24, 2.45) is 0 Å². The molecule has 0 bridgehead atoms. The molecule has 5 nitrogen and oxygen atoms in total. The molecular weight excluding hydrogens is 326 g/mol. The highest BCUT2D eigenvalue weighted by molar-refractivity contribution is 5.84. The Morgan fingerprint density at radius 2 is 1.73 bits per heavy atom. The number of rotatable bonds is 3. The average molecular weight is 357 g/mol. The van der Waals surface area contributed by atoms with Gasteiger partial charge in [-0.05, 0) is 30.4 Å². The number of hydrogen-bond acceptors (Lipinski definition) is 2. The first kappa shape index (κ1) is 18.7. The summed E-state index contributed by atoms with van der Waals surface area (Å²) in [5.41, 5.74) is 2.52. The quantitative estimate of drug-likeness (QED) is 0.902. The van der Waals surface area contributed by atoms with Gasteiger partial charge in [0, 0.05) is 26.2 Å². The average Bonchev–Trinajstić information content (AvgIpc) is 2.64. The molecule has 1 heterocycles. The normalized spacial score (nSPS) is 18.4. The molecule has 0 unspecified atom stereocenters. The number of nitrogens with zero attached hydrogens (tertiary/aromatic N) is 2.